The van der Waals surface area contributed by atoms with Crippen LogP contribution in [0.3, 0.4) is 0 Å². The number of halogens is 5. The SMILES string of the molecule is Fc1cc(C(F)(F)F)ccc1N1CCC(Br)CC1. The Bertz CT molecular complexity index is 425. The highest BCUT2D eigenvalue weighted by atomic mass is 79.9. The molecule has 0 saturated carbocycles. The van der Waals surface area contributed by atoms with E-state index in [0.717, 1.165) is 18.9 Å². The number of hydrogen-bond acceptors (Lipinski definition) is 1. The predicted molar refractivity (Wildman–Crippen MR) is 65.6 cm³/mol. The number of rotatable bonds is 1. The Morgan fingerprint density at radius 3 is 2.28 bits per heavy atom. The van der Waals surface area contributed by atoms with Crippen LogP contribution in [0.1, 0.15) is 18.4 Å². The molecule has 1 saturated heterocycles. The summed E-state index contributed by atoms with van der Waals surface area (Å²) in [4.78, 5) is 2.19. The van der Waals surface area contributed by atoms with E-state index in [0.29, 0.717) is 24.0 Å². The molecule has 0 amide bonds. The highest BCUT2D eigenvalue weighted by Gasteiger charge is 2.31. The summed E-state index contributed by atoms with van der Waals surface area (Å²) >= 11 is 3.48. The highest BCUT2D eigenvalue weighted by Crippen LogP contribution is 2.33. The fourth-order valence-electron chi connectivity index (χ4n) is 2.03. The van der Waals surface area contributed by atoms with E-state index in [1.807, 2.05) is 0 Å². The maximum Gasteiger partial charge on any atom is 0.416 e. The Hall–Kier alpha value is -0.780. The molecule has 1 aromatic rings. The lowest BCUT2D eigenvalue weighted by atomic mass is 10.1. The van der Waals surface area contributed by atoms with Crippen LogP contribution in [0.5, 0.6) is 0 Å². The van der Waals surface area contributed by atoms with Gasteiger partial charge in [0.25, 0.3) is 0 Å². The van der Waals surface area contributed by atoms with Crippen molar-refractivity contribution in [1.29, 1.82) is 0 Å². The summed E-state index contributed by atoms with van der Waals surface area (Å²) in [6, 6.07) is 2.71. The molecule has 0 aromatic heterocycles. The summed E-state index contributed by atoms with van der Waals surface area (Å²) in [6.45, 7) is 1.30. The van der Waals surface area contributed by atoms with E-state index >= 15 is 0 Å². The molecule has 1 nitrogen and oxygen atoms in total. The summed E-state index contributed by atoms with van der Waals surface area (Å²) in [5.41, 5.74) is -0.693. The molecule has 0 radical (unpaired) electrons. The molecule has 0 atom stereocenters. The average molecular weight is 326 g/mol. The van der Waals surface area contributed by atoms with Crippen LogP contribution in [0.15, 0.2) is 18.2 Å². The maximum atomic E-state index is 13.7. The quantitative estimate of drug-likeness (QED) is 0.552. The van der Waals surface area contributed by atoms with Crippen molar-refractivity contribution in [1.82, 2.24) is 0 Å². The van der Waals surface area contributed by atoms with Gasteiger partial charge in [0, 0.05) is 17.9 Å². The molecule has 2 rings (SSSR count). The summed E-state index contributed by atoms with van der Waals surface area (Å²) in [7, 11) is 0. The van der Waals surface area contributed by atoms with Crippen LogP contribution in [0.25, 0.3) is 0 Å². The molecule has 1 fully saturated rings. The van der Waals surface area contributed by atoms with Crippen molar-refractivity contribution < 1.29 is 17.6 Å². The smallest absolute Gasteiger partial charge is 0.369 e. The summed E-state index contributed by atoms with van der Waals surface area (Å²) in [6.07, 6.45) is -2.77. The first kappa shape index (κ1) is 13.6. The second kappa shape index (κ2) is 5.07. The van der Waals surface area contributed by atoms with Gasteiger partial charge in [-0.3, -0.25) is 0 Å². The summed E-state index contributed by atoms with van der Waals surface area (Å²) in [5, 5.41) is 0. The van der Waals surface area contributed by atoms with Crippen LogP contribution in [0, 0.1) is 5.82 Å². The third-order valence-corrected chi connectivity index (χ3v) is 3.96. The molecule has 0 bridgehead atoms. The Kier molecular flexibility index (Phi) is 3.84. The van der Waals surface area contributed by atoms with Gasteiger partial charge in [-0.1, -0.05) is 15.9 Å². The first-order valence-electron chi connectivity index (χ1n) is 5.63. The number of nitrogens with zero attached hydrogens (tertiary/aromatic N) is 1. The first-order valence-corrected chi connectivity index (χ1v) is 6.55. The Balaban J connectivity index is 2.20. The monoisotopic (exact) mass is 325 g/mol. The van der Waals surface area contributed by atoms with Gasteiger partial charge in [-0.15, -0.1) is 0 Å². The molecule has 0 aliphatic carbocycles. The normalized spacial score (nSPS) is 18.2. The molecule has 1 heterocycles. The molecular weight excluding hydrogens is 314 g/mol. The second-order valence-electron chi connectivity index (χ2n) is 4.33. The topological polar surface area (TPSA) is 3.24 Å². The van der Waals surface area contributed by atoms with Gasteiger partial charge in [-0.05, 0) is 31.0 Å². The molecule has 1 aliphatic rings. The standard InChI is InChI=1S/C12H12BrF4N/c13-9-3-5-18(6-4-9)11-2-1-8(7-10(11)14)12(15,16)17/h1-2,7,9H,3-6H2. The van der Waals surface area contributed by atoms with E-state index in [2.05, 4.69) is 15.9 Å². The number of benzene rings is 1. The molecule has 6 heteroatoms. The third kappa shape index (κ3) is 2.96. The van der Waals surface area contributed by atoms with Gasteiger partial charge < -0.3 is 4.90 Å². The summed E-state index contributed by atoms with van der Waals surface area (Å²) in [5.74, 6) is -0.808. The Morgan fingerprint density at radius 1 is 1.17 bits per heavy atom. The van der Waals surface area contributed by atoms with Crippen molar-refractivity contribution in [2.75, 3.05) is 18.0 Å². The Morgan fingerprint density at radius 2 is 1.78 bits per heavy atom. The van der Waals surface area contributed by atoms with Gasteiger partial charge >= 0.3 is 6.18 Å². The van der Waals surface area contributed by atoms with Gasteiger partial charge in [-0.25, -0.2) is 4.39 Å². The molecule has 0 spiro atoms. The second-order valence-corrected chi connectivity index (χ2v) is 5.62. The van der Waals surface area contributed by atoms with Gasteiger partial charge in [-0.2, -0.15) is 13.2 Å². The Labute approximate surface area is 111 Å². The first-order chi connectivity index (χ1) is 8.38. The number of piperidine rings is 1. The number of anilines is 1. The zero-order chi connectivity index (χ0) is 13.3. The molecule has 1 aliphatic heterocycles. The average Bonchev–Trinajstić information content (AvgIpc) is 2.29. The van der Waals surface area contributed by atoms with Crippen LogP contribution in [0.4, 0.5) is 23.2 Å². The van der Waals surface area contributed by atoms with Crippen LogP contribution < -0.4 is 4.90 Å². The third-order valence-electron chi connectivity index (χ3n) is 3.04. The lowest BCUT2D eigenvalue weighted by Crippen LogP contribution is -2.34. The van der Waals surface area contributed by atoms with E-state index in [4.69, 9.17) is 0 Å². The van der Waals surface area contributed by atoms with Gasteiger partial charge in [0.2, 0.25) is 0 Å². The number of alkyl halides is 4. The van der Waals surface area contributed by atoms with Gasteiger partial charge in [0.05, 0.1) is 11.3 Å². The van der Waals surface area contributed by atoms with Crippen LogP contribution in [-0.2, 0) is 6.18 Å². The summed E-state index contributed by atoms with van der Waals surface area (Å²) < 4.78 is 50.9. The van der Waals surface area contributed by atoms with Gasteiger partial charge in [0.1, 0.15) is 5.82 Å². The minimum Gasteiger partial charge on any atom is -0.369 e. The number of hydrogen-bond donors (Lipinski definition) is 0. The van der Waals surface area contributed by atoms with Crippen LogP contribution in [0.2, 0.25) is 0 Å². The molecule has 1 aromatic carbocycles. The van der Waals surface area contributed by atoms with E-state index in [1.165, 1.54) is 6.07 Å². The van der Waals surface area contributed by atoms with Crippen molar-refractivity contribution in [3.63, 3.8) is 0 Å². The van der Waals surface area contributed by atoms with Crippen molar-refractivity contribution in [3.05, 3.63) is 29.6 Å². The van der Waals surface area contributed by atoms with Crippen LogP contribution in [-0.4, -0.2) is 17.9 Å². The zero-order valence-corrected chi connectivity index (χ0v) is 11.1. The zero-order valence-electron chi connectivity index (χ0n) is 9.47. The van der Waals surface area contributed by atoms with E-state index in [-0.39, 0.29) is 5.69 Å². The highest BCUT2D eigenvalue weighted by molar-refractivity contribution is 9.09. The van der Waals surface area contributed by atoms with E-state index in [1.54, 1.807) is 4.90 Å². The minimum atomic E-state index is -4.50. The fourth-order valence-corrected chi connectivity index (χ4v) is 2.44. The lowest BCUT2D eigenvalue weighted by molar-refractivity contribution is -0.137. The van der Waals surface area contributed by atoms with E-state index in [9.17, 15) is 17.6 Å². The molecule has 0 N–H and O–H groups in total. The van der Waals surface area contributed by atoms with E-state index < -0.39 is 17.6 Å². The van der Waals surface area contributed by atoms with Crippen molar-refractivity contribution in [3.8, 4) is 0 Å². The van der Waals surface area contributed by atoms with Gasteiger partial charge in [0.15, 0.2) is 0 Å². The molecule has 100 valence electrons. The molecule has 18 heavy (non-hydrogen) atoms. The van der Waals surface area contributed by atoms with Crippen molar-refractivity contribution in [2.45, 2.75) is 23.8 Å². The molecule has 0 unspecified atom stereocenters. The van der Waals surface area contributed by atoms with Crippen molar-refractivity contribution in [2.24, 2.45) is 0 Å². The van der Waals surface area contributed by atoms with Crippen LogP contribution >= 0.6 is 15.9 Å². The predicted octanol–water partition coefficient (Wildman–Crippen LogP) is 4.21. The minimum absolute atomic E-state index is 0.252. The largest absolute Gasteiger partial charge is 0.416 e. The van der Waals surface area contributed by atoms with Crippen molar-refractivity contribution >= 4 is 21.6 Å². The lowest BCUT2D eigenvalue weighted by Gasteiger charge is -2.31. The molecular formula is C12H12BrF4N. The maximum absolute atomic E-state index is 13.7. The fraction of sp³-hybridized carbons (Fsp3) is 0.500.